The third-order valence-corrected chi connectivity index (χ3v) is 2.57. The van der Waals surface area contributed by atoms with E-state index in [-0.39, 0.29) is 0 Å². The Hall–Kier alpha value is -0.570. The second kappa shape index (κ2) is 4.61. The molecular formula is C10H14BrNO. The molecule has 0 aliphatic heterocycles. The first-order valence-electron chi connectivity index (χ1n) is 4.35. The summed E-state index contributed by atoms with van der Waals surface area (Å²) in [4.78, 5) is 4.14. The van der Waals surface area contributed by atoms with Crippen molar-refractivity contribution in [1.29, 1.82) is 0 Å². The van der Waals surface area contributed by atoms with Gasteiger partial charge in [-0.3, -0.25) is 0 Å². The molecule has 0 N–H and O–H groups in total. The average Bonchev–Trinajstić information content (AvgIpc) is 2.07. The number of aryl methyl sites for hydroxylation is 1. The molecule has 1 rings (SSSR count). The Morgan fingerprint density at radius 1 is 1.54 bits per heavy atom. The summed E-state index contributed by atoms with van der Waals surface area (Å²) in [5.41, 5.74) is 1.15. The first kappa shape index (κ1) is 10.5. The van der Waals surface area contributed by atoms with Gasteiger partial charge in [0, 0.05) is 6.20 Å². The van der Waals surface area contributed by atoms with Crippen LogP contribution in [0.15, 0.2) is 16.7 Å². The third-order valence-electron chi connectivity index (χ3n) is 1.60. The summed E-state index contributed by atoms with van der Waals surface area (Å²) < 4.78 is 6.48. The molecule has 1 heterocycles. The molecule has 0 amide bonds. The van der Waals surface area contributed by atoms with Gasteiger partial charge in [-0.25, -0.2) is 4.98 Å². The van der Waals surface area contributed by atoms with Gasteiger partial charge in [0.15, 0.2) is 0 Å². The fraction of sp³-hybridized carbons (Fsp3) is 0.500. The van der Waals surface area contributed by atoms with Crippen molar-refractivity contribution in [1.82, 2.24) is 4.98 Å². The van der Waals surface area contributed by atoms with Crippen molar-refractivity contribution in [2.75, 3.05) is 6.61 Å². The fourth-order valence-electron chi connectivity index (χ4n) is 0.862. The zero-order valence-electron chi connectivity index (χ0n) is 8.17. The third kappa shape index (κ3) is 2.99. The van der Waals surface area contributed by atoms with Crippen LogP contribution in [0, 0.1) is 12.8 Å². The number of nitrogens with zero attached hydrogens (tertiary/aromatic N) is 1. The zero-order valence-corrected chi connectivity index (χ0v) is 9.76. The predicted octanol–water partition coefficient (Wildman–Crippen LogP) is 3.19. The van der Waals surface area contributed by atoms with Crippen LogP contribution in [0.5, 0.6) is 5.88 Å². The van der Waals surface area contributed by atoms with Crippen LogP contribution in [0.4, 0.5) is 0 Å². The van der Waals surface area contributed by atoms with E-state index in [2.05, 4.69) is 34.8 Å². The number of hydrogen-bond donors (Lipinski definition) is 0. The molecule has 2 nitrogen and oxygen atoms in total. The summed E-state index contributed by atoms with van der Waals surface area (Å²) >= 11 is 3.44. The van der Waals surface area contributed by atoms with Crippen molar-refractivity contribution in [3.05, 3.63) is 22.3 Å². The molecule has 0 saturated heterocycles. The van der Waals surface area contributed by atoms with Crippen molar-refractivity contribution in [3.63, 3.8) is 0 Å². The van der Waals surface area contributed by atoms with Crippen LogP contribution >= 0.6 is 15.9 Å². The molecule has 3 heteroatoms. The van der Waals surface area contributed by atoms with E-state index in [1.807, 2.05) is 13.0 Å². The molecule has 0 spiro atoms. The van der Waals surface area contributed by atoms with Gasteiger partial charge in [-0.1, -0.05) is 13.8 Å². The quantitative estimate of drug-likeness (QED) is 0.814. The van der Waals surface area contributed by atoms with Crippen LogP contribution in [0.3, 0.4) is 0 Å². The van der Waals surface area contributed by atoms with Crippen molar-refractivity contribution in [2.24, 2.45) is 5.92 Å². The number of hydrogen-bond acceptors (Lipinski definition) is 2. The van der Waals surface area contributed by atoms with E-state index in [0.717, 1.165) is 10.0 Å². The van der Waals surface area contributed by atoms with Gasteiger partial charge in [-0.05, 0) is 40.4 Å². The maximum absolute atomic E-state index is 5.52. The van der Waals surface area contributed by atoms with Crippen LogP contribution in [0.2, 0.25) is 0 Å². The van der Waals surface area contributed by atoms with Crippen LogP contribution in [0.25, 0.3) is 0 Å². The molecule has 1 aromatic heterocycles. The molecule has 72 valence electrons. The van der Waals surface area contributed by atoms with E-state index < -0.39 is 0 Å². The Morgan fingerprint density at radius 2 is 2.23 bits per heavy atom. The van der Waals surface area contributed by atoms with Crippen molar-refractivity contribution >= 4 is 15.9 Å². The van der Waals surface area contributed by atoms with E-state index in [0.29, 0.717) is 18.4 Å². The summed E-state index contributed by atoms with van der Waals surface area (Å²) in [6.45, 7) is 6.95. The van der Waals surface area contributed by atoms with Gasteiger partial charge in [-0.2, -0.15) is 0 Å². The lowest BCUT2D eigenvalue weighted by Gasteiger charge is -2.09. The molecule has 0 aliphatic rings. The second-order valence-corrected chi connectivity index (χ2v) is 4.24. The lowest BCUT2D eigenvalue weighted by molar-refractivity contribution is 0.259. The summed E-state index contributed by atoms with van der Waals surface area (Å²) in [6, 6.07) is 1.95. The normalized spacial score (nSPS) is 10.5. The van der Waals surface area contributed by atoms with Gasteiger partial charge < -0.3 is 4.74 Å². The van der Waals surface area contributed by atoms with Gasteiger partial charge in [0.05, 0.1) is 11.1 Å². The highest BCUT2D eigenvalue weighted by molar-refractivity contribution is 9.10. The Morgan fingerprint density at radius 3 is 2.85 bits per heavy atom. The van der Waals surface area contributed by atoms with Gasteiger partial charge in [0.2, 0.25) is 5.88 Å². The first-order valence-corrected chi connectivity index (χ1v) is 5.14. The fourth-order valence-corrected chi connectivity index (χ4v) is 1.21. The molecule has 1 aromatic rings. The van der Waals surface area contributed by atoms with E-state index in [9.17, 15) is 0 Å². The summed E-state index contributed by atoms with van der Waals surface area (Å²) in [6.07, 6.45) is 1.76. The highest BCUT2D eigenvalue weighted by atomic mass is 79.9. The number of pyridine rings is 1. The summed E-state index contributed by atoms with van der Waals surface area (Å²) in [7, 11) is 0. The molecule has 0 saturated carbocycles. The first-order chi connectivity index (χ1) is 6.11. The van der Waals surface area contributed by atoms with Crippen molar-refractivity contribution in [3.8, 4) is 5.88 Å². The van der Waals surface area contributed by atoms with Crippen LogP contribution < -0.4 is 4.74 Å². The van der Waals surface area contributed by atoms with E-state index in [1.54, 1.807) is 6.20 Å². The zero-order chi connectivity index (χ0) is 9.84. The van der Waals surface area contributed by atoms with E-state index in [1.165, 1.54) is 0 Å². The molecular weight excluding hydrogens is 230 g/mol. The van der Waals surface area contributed by atoms with Gasteiger partial charge in [0.25, 0.3) is 0 Å². The Balaban J connectivity index is 2.71. The minimum atomic E-state index is 0.522. The lowest BCUT2D eigenvalue weighted by Crippen LogP contribution is -2.06. The maximum Gasteiger partial charge on any atom is 0.228 e. The standard InChI is InChI=1S/C10H14BrNO/c1-7(2)6-13-10-9(11)8(3)4-5-12-10/h4-5,7H,6H2,1-3H3. The van der Waals surface area contributed by atoms with Gasteiger partial charge in [-0.15, -0.1) is 0 Å². The Labute approximate surface area is 87.5 Å². The second-order valence-electron chi connectivity index (χ2n) is 3.45. The molecule has 0 fully saturated rings. The topological polar surface area (TPSA) is 22.1 Å². The summed E-state index contributed by atoms with van der Waals surface area (Å²) in [5.74, 6) is 1.21. The SMILES string of the molecule is Cc1ccnc(OCC(C)C)c1Br. The van der Waals surface area contributed by atoms with Crippen LogP contribution in [0.1, 0.15) is 19.4 Å². The molecule has 0 atom stereocenters. The monoisotopic (exact) mass is 243 g/mol. The Bertz CT molecular complexity index is 286. The largest absolute Gasteiger partial charge is 0.477 e. The number of rotatable bonds is 3. The minimum Gasteiger partial charge on any atom is -0.477 e. The number of ether oxygens (including phenoxy) is 1. The highest BCUT2D eigenvalue weighted by Gasteiger charge is 2.05. The van der Waals surface area contributed by atoms with E-state index in [4.69, 9.17) is 4.74 Å². The molecule has 0 radical (unpaired) electrons. The number of aromatic nitrogens is 1. The number of halogens is 1. The minimum absolute atomic E-state index is 0.522. The lowest BCUT2D eigenvalue weighted by atomic mass is 10.2. The molecule has 0 aromatic carbocycles. The van der Waals surface area contributed by atoms with Crippen LogP contribution in [-0.4, -0.2) is 11.6 Å². The maximum atomic E-state index is 5.52. The predicted molar refractivity (Wildman–Crippen MR) is 57.0 cm³/mol. The van der Waals surface area contributed by atoms with Crippen molar-refractivity contribution < 1.29 is 4.74 Å². The molecule has 13 heavy (non-hydrogen) atoms. The Kier molecular flexibility index (Phi) is 3.72. The highest BCUT2D eigenvalue weighted by Crippen LogP contribution is 2.25. The molecule has 0 aliphatic carbocycles. The summed E-state index contributed by atoms with van der Waals surface area (Å²) in [5, 5.41) is 0. The molecule has 0 unspecified atom stereocenters. The van der Waals surface area contributed by atoms with Crippen LogP contribution in [-0.2, 0) is 0 Å². The molecule has 0 bridgehead atoms. The average molecular weight is 244 g/mol. The van der Waals surface area contributed by atoms with Crippen molar-refractivity contribution in [2.45, 2.75) is 20.8 Å². The van der Waals surface area contributed by atoms with Gasteiger partial charge >= 0.3 is 0 Å². The smallest absolute Gasteiger partial charge is 0.228 e. The van der Waals surface area contributed by atoms with E-state index >= 15 is 0 Å². The van der Waals surface area contributed by atoms with Gasteiger partial charge in [0.1, 0.15) is 0 Å².